The van der Waals surface area contributed by atoms with Gasteiger partial charge in [-0.25, -0.2) is 13.2 Å². The van der Waals surface area contributed by atoms with Crippen molar-refractivity contribution in [3.63, 3.8) is 0 Å². The molecule has 23 heavy (non-hydrogen) atoms. The van der Waals surface area contributed by atoms with Crippen LogP contribution >= 0.6 is 0 Å². The molecule has 7 heteroatoms. The fourth-order valence-electron chi connectivity index (χ4n) is 2.04. The van der Waals surface area contributed by atoms with E-state index >= 15 is 0 Å². The molecule has 138 valence electrons. The van der Waals surface area contributed by atoms with Gasteiger partial charge >= 0.3 is 6.09 Å². The Morgan fingerprint density at radius 2 is 1.70 bits per heavy atom. The van der Waals surface area contributed by atoms with Crippen molar-refractivity contribution in [1.82, 2.24) is 5.32 Å². The molecule has 0 saturated carbocycles. The van der Waals surface area contributed by atoms with Crippen LogP contribution in [0.1, 0.15) is 54.9 Å². The molecule has 1 amide bonds. The molecular formula is C16H33NO5S. The number of carbonyl (C=O) groups excluding carboxylic acids is 1. The van der Waals surface area contributed by atoms with E-state index in [4.69, 9.17) is 4.74 Å². The molecule has 0 aromatic rings. The van der Waals surface area contributed by atoms with E-state index in [0.29, 0.717) is 0 Å². The predicted octanol–water partition coefficient (Wildman–Crippen LogP) is 2.36. The molecule has 0 fully saturated rings. The SMILES string of the molecule is CC(C)C(CO)(CCS(=O)(=O)C(C)C)CNC(=O)OC(C)(C)C. The Kier molecular flexibility index (Phi) is 8.03. The Morgan fingerprint density at radius 3 is 2.04 bits per heavy atom. The predicted molar refractivity (Wildman–Crippen MR) is 92.1 cm³/mol. The van der Waals surface area contributed by atoms with Crippen LogP contribution < -0.4 is 5.32 Å². The number of nitrogens with one attached hydrogen (secondary N) is 1. The van der Waals surface area contributed by atoms with Crippen molar-refractivity contribution < 1.29 is 23.1 Å². The lowest BCUT2D eigenvalue weighted by atomic mass is 9.75. The maximum absolute atomic E-state index is 12.0. The Hall–Kier alpha value is -0.820. The second kappa shape index (κ2) is 8.33. The highest BCUT2D eigenvalue weighted by Gasteiger charge is 2.36. The van der Waals surface area contributed by atoms with Crippen molar-refractivity contribution >= 4 is 15.9 Å². The number of sulfone groups is 1. The lowest BCUT2D eigenvalue weighted by Gasteiger charge is -2.36. The number of hydrogen-bond donors (Lipinski definition) is 2. The van der Waals surface area contributed by atoms with E-state index < -0.39 is 32.2 Å². The summed E-state index contributed by atoms with van der Waals surface area (Å²) in [4.78, 5) is 11.8. The first-order valence-corrected chi connectivity index (χ1v) is 9.76. The van der Waals surface area contributed by atoms with E-state index in [0.717, 1.165) is 0 Å². The quantitative estimate of drug-likeness (QED) is 0.700. The number of rotatable bonds is 8. The number of carbonyl (C=O) groups is 1. The molecule has 0 aliphatic heterocycles. The molecule has 0 saturated heterocycles. The van der Waals surface area contributed by atoms with Gasteiger partial charge in [0.2, 0.25) is 0 Å². The largest absolute Gasteiger partial charge is 0.444 e. The summed E-state index contributed by atoms with van der Waals surface area (Å²) in [5.41, 5.74) is -1.30. The number of hydrogen-bond acceptors (Lipinski definition) is 5. The van der Waals surface area contributed by atoms with Gasteiger partial charge in [-0.05, 0) is 47.0 Å². The normalized spacial score (nSPS) is 15.6. The lowest BCUT2D eigenvalue weighted by molar-refractivity contribution is 0.0385. The van der Waals surface area contributed by atoms with Gasteiger partial charge < -0.3 is 15.2 Å². The van der Waals surface area contributed by atoms with Gasteiger partial charge in [-0.15, -0.1) is 0 Å². The molecule has 0 aromatic carbocycles. The number of alkyl carbamates (subject to hydrolysis) is 1. The Balaban J connectivity index is 4.97. The van der Waals surface area contributed by atoms with Gasteiger partial charge in [-0.3, -0.25) is 0 Å². The lowest BCUT2D eigenvalue weighted by Crippen LogP contribution is -2.46. The fourth-order valence-corrected chi connectivity index (χ4v) is 3.20. The third kappa shape index (κ3) is 7.52. The number of aliphatic hydroxyl groups is 1. The van der Waals surface area contributed by atoms with E-state index in [2.05, 4.69) is 5.32 Å². The molecule has 0 bridgehead atoms. The van der Waals surface area contributed by atoms with Crippen LogP contribution in [0.4, 0.5) is 4.79 Å². The molecule has 0 aliphatic rings. The van der Waals surface area contributed by atoms with Gasteiger partial charge in [0.1, 0.15) is 5.60 Å². The fraction of sp³-hybridized carbons (Fsp3) is 0.938. The van der Waals surface area contributed by atoms with Crippen LogP contribution in [-0.2, 0) is 14.6 Å². The highest BCUT2D eigenvalue weighted by molar-refractivity contribution is 7.91. The Labute approximate surface area is 140 Å². The molecule has 2 N–H and O–H groups in total. The van der Waals surface area contributed by atoms with Gasteiger partial charge in [0.25, 0.3) is 0 Å². The standard InChI is InChI=1S/C16H33NO5S/c1-12(2)16(11-18,8-9-23(20,21)13(3)4)10-17-14(19)22-15(5,6)7/h12-13,18H,8-11H2,1-7H3,(H,17,19). The van der Waals surface area contributed by atoms with Gasteiger partial charge in [-0.2, -0.15) is 0 Å². The molecular weight excluding hydrogens is 318 g/mol. The van der Waals surface area contributed by atoms with Gasteiger partial charge in [0.15, 0.2) is 9.84 Å². The van der Waals surface area contributed by atoms with Crippen molar-refractivity contribution in [2.45, 2.75) is 65.7 Å². The average molecular weight is 352 g/mol. The minimum atomic E-state index is -3.20. The van der Waals surface area contributed by atoms with Crippen molar-refractivity contribution in [2.24, 2.45) is 11.3 Å². The molecule has 0 spiro atoms. The van der Waals surface area contributed by atoms with Crippen LogP contribution in [0, 0.1) is 11.3 Å². The summed E-state index contributed by atoms with van der Waals surface area (Å²) < 4.78 is 29.3. The van der Waals surface area contributed by atoms with Crippen LogP contribution in [0.2, 0.25) is 0 Å². The van der Waals surface area contributed by atoms with Crippen molar-refractivity contribution in [1.29, 1.82) is 0 Å². The summed E-state index contributed by atoms with van der Waals surface area (Å²) in [7, 11) is -3.20. The van der Waals surface area contributed by atoms with Crippen molar-refractivity contribution in [3.05, 3.63) is 0 Å². The van der Waals surface area contributed by atoms with Gasteiger partial charge in [0, 0.05) is 12.0 Å². The second-order valence-corrected chi connectivity index (χ2v) is 10.4. The number of ether oxygens (including phenoxy) is 1. The minimum absolute atomic E-state index is 0.00444. The van der Waals surface area contributed by atoms with Crippen LogP contribution in [0.25, 0.3) is 0 Å². The first-order chi connectivity index (χ1) is 10.3. The maximum Gasteiger partial charge on any atom is 0.407 e. The van der Waals surface area contributed by atoms with Gasteiger partial charge in [0.05, 0.1) is 17.6 Å². The number of amides is 1. The molecule has 0 radical (unpaired) electrons. The second-order valence-electron chi connectivity index (χ2n) is 7.70. The summed E-state index contributed by atoms with van der Waals surface area (Å²) in [6, 6.07) is 0. The molecule has 0 aliphatic carbocycles. The average Bonchev–Trinajstić information content (AvgIpc) is 2.36. The van der Waals surface area contributed by atoms with Crippen LogP contribution in [0.5, 0.6) is 0 Å². The first kappa shape index (κ1) is 22.2. The van der Waals surface area contributed by atoms with E-state index in [1.54, 1.807) is 34.6 Å². The third-order valence-corrected chi connectivity index (χ3v) is 6.34. The summed E-state index contributed by atoms with van der Waals surface area (Å²) in [5, 5.41) is 12.0. The zero-order valence-electron chi connectivity index (χ0n) is 15.5. The third-order valence-electron chi connectivity index (χ3n) is 4.13. The van der Waals surface area contributed by atoms with Crippen molar-refractivity contribution in [3.8, 4) is 0 Å². The minimum Gasteiger partial charge on any atom is -0.444 e. The summed E-state index contributed by atoms with van der Waals surface area (Å²) in [6.07, 6.45) is -0.278. The summed E-state index contributed by atoms with van der Waals surface area (Å²) in [5.74, 6) is -0.0100. The highest BCUT2D eigenvalue weighted by Crippen LogP contribution is 2.31. The molecule has 1 atom stereocenters. The molecule has 6 nitrogen and oxygen atoms in total. The molecule has 0 heterocycles. The van der Waals surface area contributed by atoms with E-state index in [9.17, 15) is 18.3 Å². The smallest absolute Gasteiger partial charge is 0.407 e. The van der Waals surface area contributed by atoms with Crippen molar-refractivity contribution in [2.75, 3.05) is 18.9 Å². The van der Waals surface area contributed by atoms with Crippen LogP contribution in [-0.4, -0.2) is 49.4 Å². The van der Waals surface area contributed by atoms with E-state index in [1.807, 2.05) is 13.8 Å². The topological polar surface area (TPSA) is 92.7 Å². The van der Waals surface area contributed by atoms with Gasteiger partial charge in [-0.1, -0.05) is 13.8 Å². The summed E-state index contributed by atoms with van der Waals surface area (Å²) >= 11 is 0. The van der Waals surface area contributed by atoms with Crippen LogP contribution in [0.15, 0.2) is 0 Å². The zero-order valence-corrected chi connectivity index (χ0v) is 16.3. The maximum atomic E-state index is 12.0. The Bertz CT molecular complexity index is 479. The first-order valence-electron chi connectivity index (χ1n) is 8.05. The summed E-state index contributed by atoms with van der Waals surface area (Å²) in [6.45, 7) is 12.4. The Morgan fingerprint density at radius 1 is 1.17 bits per heavy atom. The molecule has 0 rings (SSSR count). The molecule has 0 aromatic heterocycles. The highest BCUT2D eigenvalue weighted by atomic mass is 32.2. The van der Waals surface area contributed by atoms with Crippen LogP contribution in [0.3, 0.4) is 0 Å². The number of aliphatic hydroxyl groups excluding tert-OH is 1. The molecule has 1 unspecified atom stereocenters. The zero-order chi connectivity index (χ0) is 18.5. The van der Waals surface area contributed by atoms with E-state index in [-0.39, 0.29) is 31.2 Å². The monoisotopic (exact) mass is 351 g/mol. The van der Waals surface area contributed by atoms with E-state index in [1.165, 1.54) is 0 Å².